The highest BCUT2D eigenvalue weighted by Gasteiger charge is 2.75. The Labute approximate surface area is 460 Å². The molecular weight excluding hydrogens is 993 g/mol. The van der Waals surface area contributed by atoms with Gasteiger partial charge in [0.2, 0.25) is 11.8 Å². The average molecular weight is 1060 g/mol. The number of fused-ring (bicyclic) bond motifs is 3. The number of morpholine rings is 2. The van der Waals surface area contributed by atoms with Gasteiger partial charge in [-0.1, -0.05) is 145 Å². The number of carbonyl (C=O) groups is 4. The lowest BCUT2D eigenvalue weighted by molar-refractivity contribution is -0.177. The van der Waals surface area contributed by atoms with E-state index in [1.54, 1.807) is 24.3 Å². The monoisotopic (exact) mass is 1050 g/mol. The largest absolute Gasteiger partial charge is 0.491 e. The number of ether oxygens (including phenoxy) is 3. The van der Waals surface area contributed by atoms with Crippen molar-refractivity contribution in [1.29, 1.82) is 0 Å². The maximum absolute atomic E-state index is 17.0. The Morgan fingerprint density at radius 3 is 2.09 bits per heavy atom. The second-order valence-corrected chi connectivity index (χ2v) is 20.5. The summed E-state index contributed by atoms with van der Waals surface area (Å²) in [6.45, 7) is 5.38. The van der Waals surface area contributed by atoms with Gasteiger partial charge in [-0.05, 0) is 102 Å². The number of nitrogens with zero attached hydrogens (tertiary/aromatic N) is 4. The summed E-state index contributed by atoms with van der Waals surface area (Å²) >= 11 is 0. The highest BCUT2D eigenvalue weighted by Crippen LogP contribution is 2.66. The maximum Gasteiger partial charge on any atom is 0.329 e. The predicted octanol–water partition coefficient (Wildman–Crippen LogP) is 9.15. The quantitative estimate of drug-likeness (QED) is 0.0706. The first-order valence-corrected chi connectivity index (χ1v) is 26.8. The van der Waals surface area contributed by atoms with Crippen LogP contribution in [0.15, 0.2) is 188 Å². The summed E-state index contributed by atoms with van der Waals surface area (Å²) in [7, 11) is 1.99. The van der Waals surface area contributed by atoms with Crippen LogP contribution in [-0.4, -0.2) is 97.9 Å². The van der Waals surface area contributed by atoms with Gasteiger partial charge in [0.05, 0.1) is 56.1 Å². The number of nitrogens with one attached hydrogen (secondary N) is 2. The van der Waals surface area contributed by atoms with E-state index in [1.165, 1.54) is 0 Å². The molecule has 0 saturated carbocycles. The highest BCUT2D eigenvalue weighted by molar-refractivity contribution is 6.25. The third-order valence-corrected chi connectivity index (χ3v) is 15.5. The van der Waals surface area contributed by atoms with Crippen molar-refractivity contribution in [3.63, 3.8) is 0 Å². The predicted molar refractivity (Wildman–Crippen MR) is 302 cm³/mol. The zero-order valence-corrected chi connectivity index (χ0v) is 44.1. The lowest BCUT2D eigenvalue weighted by atomic mass is 9.65. The molecule has 3 N–H and O–H groups in total. The van der Waals surface area contributed by atoms with E-state index >= 15 is 19.2 Å². The molecule has 0 aliphatic carbocycles. The van der Waals surface area contributed by atoms with Gasteiger partial charge in [-0.25, -0.2) is 9.69 Å². The van der Waals surface area contributed by atoms with Gasteiger partial charge in [0.15, 0.2) is 0 Å². The molecule has 4 aliphatic rings. The molecule has 0 bridgehead atoms. The average Bonchev–Trinajstić information content (AvgIpc) is 2.19. The maximum atomic E-state index is 17.0. The summed E-state index contributed by atoms with van der Waals surface area (Å²) in [5, 5.41) is 16.0. The first-order chi connectivity index (χ1) is 38.6. The molecule has 0 aromatic heterocycles. The Morgan fingerprint density at radius 2 is 1.42 bits per heavy atom. The van der Waals surface area contributed by atoms with Crippen molar-refractivity contribution in [3.8, 4) is 17.6 Å². The lowest BCUT2D eigenvalue weighted by Gasteiger charge is -2.46. The molecule has 3 saturated heterocycles. The Kier molecular flexibility index (Phi) is 15.4. The number of imide groups is 1. The van der Waals surface area contributed by atoms with E-state index in [0.717, 1.165) is 27.3 Å². The summed E-state index contributed by atoms with van der Waals surface area (Å²) in [5.41, 5.74) is 4.51. The fourth-order valence-electron chi connectivity index (χ4n) is 12.0. The molecule has 400 valence electrons. The van der Waals surface area contributed by atoms with Gasteiger partial charge < -0.3 is 34.9 Å². The number of carbonyl (C=O) groups excluding carboxylic acids is 4. The van der Waals surface area contributed by atoms with Gasteiger partial charge in [0, 0.05) is 36.6 Å². The molecule has 0 unspecified atom stereocenters. The smallest absolute Gasteiger partial charge is 0.329 e. The first kappa shape index (κ1) is 52.5. The van der Waals surface area contributed by atoms with Crippen LogP contribution >= 0.6 is 0 Å². The molecule has 79 heavy (non-hydrogen) atoms. The number of esters is 1. The zero-order valence-electron chi connectivity index (χ0n) is 44.1. The summed E-state index contributed by atoms with van der Waals surface area (Å²) in [6, 6.07) is 54.2. The number of rotatable bonds is 14. The molecule has 7 aromatic rings. The van der Waals surface area contributed by atoms with Crippen molar-refractivity contribution < 1.29 is 38.5 Å². The van der Waals surface area contributed by atoms with E-state index in [1.807, 2.05) is 171 Å². The van der Waals surface area contributed by atoms with Crippen LogP contribution in [0, 0.1) is 17.8 Å². The van der Waals surface area contributed by atoms with Crippen LogP contribution in [0.1, 0.15) is 70.1 Å². The molecule has 14 nitrogen and oxygen atoms in total. The topological polar surface area (TPSA) is 153 Å². The van der Waals surface area contributed by atoms with E-state index in [2.05, 4.69) is 44.4 Å². The number of hydrogen-bond acceptors (Lipinski definition) is 11. The minimum absolute atomic E-state index is 0.0421. The minimum Gasteiger partial charge on any atom is -0.491 e. The molecule has 4 heterocycles. The molecule has 4 aliphatic heterocycles. The Balaban J connectivity index is 1.13. The Bertz CT molecular complexity index is 3350. The fourth-order valence-corrected chi connectivity index (χ4v) is 12.0. The molecule has 3 fully saturated rings. The normalized spacial score (nSPS) is 21.8. The summed E-state index contributed by atoms with van der Waals surface area (Å²) in [4.78, 5) is 71.8. The highest BCUT2D eigenvalue weighted by atomic mass is 16.6. The number of benzene rings is 7. The lowest BCUT2D eigenvalue weighted by Crippen LogP contribution is -2.55. The second kappa shape index (κ2) is 23.2. The summed E-state index contributed by atoms with van der Waals surface area (Å²) < 4.78 is 18.2. The van der Waals surface area contributed by atoms with Gasteiger partial charge >= 0.3 is 12.0 Å². The number of urea groups is 1. The Morgan fingerprint density at radius 1 is 0.772 bits per heavy atom. The molecule has 7 aromatic carbocycles. The second-order valence-electron chi connectivity index (χ2n) is 20.5. The van der Waals surface area contributed by atoms with Gasteiger partial charge in [0.25, 0.3) is 0 Å². The van der Waals surface area contributed by atoms with Gasteiger partial charge in [0.1, 0.15) is 29.9 Å². The van der Waals surface area contributed by atoms with Crippen LogP contribution in [0.5, 0.6) is 5.75 Å². The standard InChI is InChI=1S/C65H62N6O8/c1-44(47-19-9-4-10-20-47)66-64(76)70-55-34-25-45(18-15-35-68(2)43-46-16-7-3-8-17-46)42-54(55)65(63(70)75)56(61(73)67-51-28-30-52(31-29-51)69-36-39-77-40-37-69)58-62(74)79-59(49-23-13-6-14-24-49)57(48-21-11-5-12-22-48)71(58)60(65)50-26-32-53(33-27-50)78-41-38-72/h3-14,16-17,19-34,42,44,56-60,72H,35-41,43H2,1-2H3,(H,66,76)(H,67,73)/t44-,56+,57+,58+,59-,60-,65+/m1/s1. The van der Waals surface area contributed by atoms with Crippen molar-refractivity contribution in [1.82, 2.24) is 15.1 Å². The van der Waals surface area contributed by atoms with Crippen LogP contribution < -0.4 is 25.2 Å². The molecular formula is C65H62N6O8. The van der Waals surface area contributed by atoms with E-state index in [9.17, 15) is 5.11 Å². The first-order valence-electron chi connectivity index (χ1n) is 26.8. The summed E-state index contributed by atoms with van der Waals surface area (Å²) in [6.07, 6.45) is -0.916. The van der Waals surface area contributed by atoms with E-state index in [0.29, 0.717) is 73.1 Å². The van der Waals surface area contributed by atoms with Crippen molar-refractivity contribution in [2.24, 2.45) is 5.92 Å². The van der Waals surface area contributed by atoms with Crippen LogP contribution in [0.25, 0.3) is 0 Å². The Hall–Kier alpha value is -8.58. The number of aliphatic hydroxyl groups is 1. The minimum atomic E-state index is -2.03. The van der Waals surface area contributed by atoms with Crippen LogP contribution in [0.4, 0.5) is 21.9 Å². The van der Waals surface area contributed by atoms with E-state index in [-0.39, 0.29) is 18.9 Å². The molecule has 7 atom stereocenters. The van der Waals surface area contributed by atoms with Gasteiger partial charge in [-0.15, -0.1) is 0 Å². The molecule has 4 amide bonds. The van der Waals surface area contributed by atoms with Gasteiger partial charge in [-0.2, -0.15) is 0 Å². The SMILES string of the molecule is C[C@@H](NC(=O)N1C(=O)[C@@]2(c3cc(C#CCN(C)Cc4ccccc4)ccc31)[C@H](C(=O)Nc1ccc(N3CCOCC3)cc1)[C@H]1C(=O)O[C@H](c3ccccc3)[C@H](c3ccccc3)N1[C@@H]2c1ccc(OCCO)cc1)c1ccccc1. The van der Waals surface area contributed by atoms with Crippen LogP contribution in [-0.2, 0) is 35.8 Å². The summed E-state index contributed by atoms with van der Waals surface area (Å²) in [5.74, 6) is 3.60. The molecule has 11 rings (SSSR count). The number of amides is 4. The van der Waals surface area contributed by atoms with Crippen LogP contribution in [0.3, 0.4) is 0 Å². The van der Waals surface area contributed by atoms with Crippen molar-refractivity contribution in [2.45, 2.75) is 49.2 Å². The third-order valence-electron chi connectivity index (χ3n) is 15.5. The van der Waals surface area contributed by atoms with Crippen molar-refractivity contribution in [2.75, 3.05) is 68.2 Å². The van der Waals surface area contributed by atoms with Crippen LogP contribution in [0.2, 0.25) is 0 Å². The fraction of sp³-hybridized carbons (Fsp3) is 0.262. The third kappa shape index (κ3) is 10.4. The number of cyclic esters (lactones) is 1. The molecule has 1 spiro atoms. The van der Waals surface area contributed by atoms with E-state index < -0.39 is 65.4 Å². The number of hydrogen-bond donors (Lipinski definition) is 3. The van der Waals surface area contributed by atoms with Crippen molar-refractivity contribution >= 4 is 40.9 Å². The van der Waals surface area contributed by atoms with Crippen molar-refractivity contribution in [3.05, 3.63) is 227 Å². The number of anilines is 3. The molecule has 0 radical (unpaired) electrons. The zero-order chi connectivity index (χ0) is 54.5. The number of aliphatic hydroxyl groups excluding tert-OH is 1. The molecule has 14 heteroatoms. The van der Waals surface area contributed by atoms with Gasteiger partial charge in [-0.3, -0.25) is 24.2 Å². The van der Waals surface area contributed by atoms with E-state index in [4.69, 9.17) is 14.2 Å².